The molecule has 0 saturated heterocycles. The summed E-state index contributed by atoms with van der Waals surface area (Å²) in [5.41, 5.74) is 9.37. The first kappa shape index (κ1) is 13.0. The van der Waals surface area contributed by atoms with E-state index in [0.717, 1.165) is 36.6 Å². The van der Waals surface area contributed by atoms with Gasteiger partial charge in [-0.2, -0.15) is 0 Å². The average Bonchev–Trinajstić information content (AvgIpc) is 2.86. The van der Waals surface area contributed by atoms with Gasteiger partial charge in [0.15, 0.2) is 0 Å². The van der Waals surface area contributed by atoms with Gasteiger partial charge in [0.1, 0.15) is 0 Å². The van der Waals surface area contributed by atoms with Gasteiger partial charge in [-0.15, -0.1) is 11.3 Å². The zero-order valence-corrected chi connectivity index (χ0v) is 12.3. The number of nitrogens with two attached hydrogens (primary N) is 1. The average molecular weight is 293 g/mol. The number of halogens is 1. The van der Waals surface area contributed by atoms with Crippen LogP contribution in [0.5, 0.6) is 0 Å². The van der Waals surface area contributed by atoms with Crippen LogP contribution < -0.4 is 10.6 Å². The molecule has 2 heterocycles. The molecule has 1 aromatic heterocycles. The van der Waals surface area contributed by atoms with Crippen molar-refractivity contribution in [2.45, 2.75) is 19.4 Å². The molecule has 4 heteroatoms. The van der Waals surface area contributed by atoms with Crippen LogP contribution in [0, 0.1) is 0 Å². The Labute approximate surface area is 122 Å². The first-order valence-corrected chi connectivity index (χ1v) is 7.82. The van der Waals surface area contributed by atoms with Crippen molar-refractivity contribution in [1.82, 2.24) is 0 Å². The summed E-state index contributed by atoms with van der Waals surface area (Å²) in [5, 5.41) is 3.02. The standard InChI is InChI=1S/C15H17ClN2S/c16-13-9-11(3-6-17)1-2-14(13)18-7-4-15-12(10-18)5-8-19-15/h1-2,5,8-9H,3-4,6-7,10,17H2. The minimum Gasteiger partial charge on any atom is -0.366 e. The third kappa shape index (κ3) is 2.64. The number of rotatable bonds is 3. The Kier molecular flexibility index (Phi) is 3.78. The van der Waals surface area contributed by atoms with Gasteiger partial charge in [0.25, 0.3) is 0 Å². The van der Waals surface area contributed by atoms with E-state index in [-0.39, 0.29) is 0 Å². The Hall–Kier alpha value is -1.03. The number of anilines is 1. The van der Waals surface area contributed by atoms with Crippen LogP contribution in [-0.2, 0) is 19.4 Å². The Balaban J connectivity index is 1.83. The maximum atomic E-state index is 6.42. The lowest BCUT2D eigenvalue weighted by molar-refractivity contribution is 0.743. The van der Waals surface area contributed by atoms with Crippen molar-refractivity contribution in [3.63, 3.8) is 0 Å². The fourth-order valence-electron chi connectivity index (χ4n) is 2.58. The van der Waals surface area contributed by atoms with Gasteiger partial charge in [-0.05, 0) is 54.1 Å². The van der Waals surface area contributed by atoms with Crippen molar-refractivity contribution < 1.29 is 0 Å². The highest BCUT2D eigenvalue weighted by Gasteiger charge is 2.19. The molecule has 2 N–H and O–H groups in total. The van der Waals surface area contributed by atoms with E-state index in [1.807, 2.05) is 17.4 Å². The van der Waals surface area contributed by atoms with Crippen molar-refractivity contribution in [3.8, 4) is 0 Å². The van der Waals surface area contributed by atoms with Crippen LogP contribution in [0.2, 0.25) is 5.02 Å². The van der Waals surface area contributed by atoms with Crippen molar-refractivity contribution in [3.05, 3.63) is 50.7 Å². The van der Waals surface area contributed by atoms with E-state index in [9.17, 15) is 0 Å². The van der Waals surface area contributed by atoms with Crippen molar-refractivity contribution in [2.24, 2.45) is 5.73 Å². The molecule has 0 saturated carbocycles. The molecule has 0 bridgehead atoms. The molecule has 0 spiro atoms. The van der Waals surface area contributed by atoms with Crippen molar-refractivity contribution in [2.75, 3.05) is 18.0 Å². The predicted octanol–water partition coefficient (Wildman–Crippen LogP) is 3.47. The Bertz CT molecular complexity index is 579. The number of hydrogen-bond donors (Lipinski definition) is 1. The number of hydrogen-bond acceptors (Lipinski definition) is 3. The fraction of sp³-hybridized carbons (Fsp3) is 0.333. The van der Waals surface area contributed by atoms with Crippen LogP contribution in [0.1, 0.15) is 16.0 Å². The summed E-state index contributed by atoms with van der Waals surface area (Å²) < 4.78 is 0. The maximum absolute atomic E-state index is 6.42. The SMILES string of the molecule is NCCc1ccc(N2CCc3sccc3C2)c(Cl)c1. The highest BCUT2D eigenvalue weighted by molar-refractivity contribution is 7.10. The van der Waals surface area contributed by atoms with Gasteiger partial charge in [0, 0.05) is 18.0 Å². The second-order valence-corrected chi connectivity index (χ2v) is 6.27. The van der Waals surface area contributed by atoms with E-state index < -0.39 is 0 Å². The smallest absolute Gasteiger partial charge is 0.0642 e. The minimum atomic E-state index is 0.664. The van der Waals surface area contributed by atoms with Crippen LogP contribution in [0.15, 0.2) is 29.6 Å². The van der Waals surface area contributed by atoms with Crippen molar-refractivity contribution in [1.29, 1.82) is 0 Å². The molecule has 19 heavy (non-hydrogen) atoms. The van der Waals surface area contributed by atoms with Gasteiger partial charge in [0.05, 0.1) is 10.7 Å². The van der Waals surface area contributed by atoms with Crippen LogP contribution in [0.25, 0.3) is 0 Å². The van der Waals surface area contributed by atoms with Gasteiger partial charge in [-0.1, -0.05) is 17.7 Å². The summed E-state index contributed by atoms with van der Waals surface area (Å²) in [6, 6.07) is 8.54. The molecule has 2 aromatic rings. The summed E-state index contributed by atoms with van der Waals surface area (Å²) >= 11 is 8.28. The summed E-state index contributed by atoms with van der Waals surface area (Å²) in [5.74, 6) is 0. The molecular formula is C15H17ClN2S. The van der Waals surface area contributed by atoms with Crippen LogP contribution in [0.3, 0.4) is 0 Å². The number of thiophene rings is 1. The quantitative estimate of drug-likeness (QED) is 0.939. The minimum absolute atomic E-state index is 0.664. The summed E-state index contributed by atoms with van der Waals surface area (Å²) in [6.07, 6.45) is 2.00. The molecule has 3 rings (SSSR count). The molecule has 1 aliphatic heterocycles. The molecule has 1 aromatic carbocycles. The third-order valence-corrected chi connectivity index (χ3v) is 4.92. The number of fused-ring (bicyclic) bond motifs is 1. The maximum Gasteiger partial charge on any atom is 0.0642 e. The van der Waals surface area contributed by atoms with Gasteiger partial charge >= 0.3 is 0 Å². The molecule has 0 radical (unpaired) electrons. The Morgan fingerprint density at radius 1 is 1.32 bits per heavy atom. The van der Waals surface area contributed by atoms with E-state index >= 15 is 0 Å². The van der Waals surface area contributed by atoms with E-state index in [2.05, 4.69) is 28.5 Å². The number of benzene rings is 1. The monoisotopic (exact) mass is 292 g/mol. The molecular weight excluding hydrogens is 276 g/mol. The fourth-order valence-corrected chi connectivity index (χ4v) is 3.80. The molecule has 100 valence electrons. The topological polar surface area (TPSA) is 29.3 Å². The van der Waals surface area contributed by atoms with E-state index in [1.165, 1.54) is 16.0 Å². The Morgan fingerprint density at radius 3 is 3.00 bits per heavy atom. The number of nitrogens with zero attached hydrogens (tertiary/aromatic N) is 1. The molecule has 1 aliphatic rings. The van der Waals surface area contributed by atoms with Crippen molar-refractivity contribution >= 4 is 28.6 Å². The van der Waals surface area contributed by atoms with E-state index in [4.69, 9.17) is 17.3 Å². The molecule has 2 nitrogen and oxygen atoms in total. The highest BCUT2D eigenvalue weighted by atomic mass is 35.5. The normalized spacial score (nSPS) is 14.5. The lowest BCUT2D eigenvalue weighted by Gasteiger charge is -2.30. The summed E-state index contributed by atoms with van der Waals surface area (Å²) in [4.78, 5) is 3.89. The highest BCUT2D eigenvalue weighted by Crippen LogP contribution is 2.32. The summed E-state index contributed by atoms with van der Waals surface area (Å²) in [6.45, 7) is 2.68. The zero-order valence-electron chi connectivity index (χ0n) is 10.7. The zero-order chi connectivity index (χ0) is 13.2. The van der Waals surface area contributed by atoms with Crippen LogP contribution >= 0.6 is 22.9 Å². The summed E-state index contributed by atoms with van der Waals surface area (Å²) in [7, 11) is 0. The lowest BCUT2D eigenvalue weighted by atomic mass is 10.1. The molecule has 0 aliphatic carbocycles. The largest absolute Gasteiger partial charge is 0.366 e. The van der Waals surface area contributed by atoms with E-state index in [1.54, 1.807) is 0 Å². The molecule has 0 amide bonds. The molecule has 0 fully saturated rings. The third-order valence-electron chi connectivity index (χ3n) is 3.59. The van der Waals surface area contributed by atoms with Crippen LogP contribution in [0.4, 0.5) is 5.69 Å². The first-order valence-electron chi connectivity index (χ1n) is 6.56. The van der Waals surface area contributed by atoms with Gasteiger partial charge in [-0.3, -0.25) is 0 Å². The van der Waals surface area contributed by atoms with Gasteiger partial charge in [-0.25, -0.2) is 0 Å². The first-order chi connectivity index (χ1) is 9.28. The van der Waals surface area contributed by atoms with Gasteiger partial charge < -0.3 is 10.6 Å². The van der Waals surface area contributed by atoms with E-state index in [0.29, 0.717) is 6.54 Å². The second-order valence-electron chi connectivity index (χ2n) is 4.87. The Morgan fingerprint density at radius 2 is 2.21 bits per heavy atom. The molecule has 0 unspecified atom stereocenters. The predicted molar refractivity (Wildman–Crippen MR) is 83.3 cm³/mol. The van der Waals surface area contributed by atoms with Crippen LogP contribution in [-0.4, -0.2) is 13.1 Å². The second kappa shape index (κ2) is 5.53. The molecule has 0 atom stereocenters. The lowest BCUT2D eigenvalue weighted by Crippen LogP contribution is -2.29. The van der Waals surface area contributed by atoms with Gasteiger partial charge in [0.2, 0.25) is 0 Å².